The molecule has 0 amide bonds. The Bertz CT molecular complexity index is 725. The van der Waals surface area contributed by atoms with Crippen molar-refractivity contribution in [2.75, 3.05) is 0 Å². The van der Waals surface area contributed by atoms with Crippen LogP contribution in [0.15, 0.2) is 18.2 Å². The number of benzene rings is 1. The van der Waals surface area contributed by atoms with Crippen molar-refractivity contribution in [1.29, 1.82) is 0 Å². The zero-order chi connectivity index (χ0) is 15.9. The summed E-state index contributed by atoms with van der Waals surface area (Å²) in [5.74, 6) is -2.38. The number of aromatic hydroxyl groups is 1. The first kappa shape index (κ1) is 15.2. The molecular formula is C12H8ClF3N2O3. The Morgan fingerprint density at radius 1 is 1.33 bits per heavy atom. The number of halogens is 4. The number of hydrogen-bond acceptors (Lipinski definition) is 3. The van der Waals surface area contributed by atoms with Crippen molar-refractivity contribution in [3.63, 3.8) is 0 Å². The maximum Gasteiger partial charge on any atom is 0.420 e. The van der Waals surface area contributed by atoms with Crippen LogP contribution in [0.2, 0.25) is 5.02 Å². The number of phenolic OH excluding ortho intramolecular Hbond substituents is 1. The van der Waals surface area contributed by atoms with Gasteiger partial charge in [-0.3, -0.25) is 4.68 Å². The number of carbonyl (C=O) groups is 1. The fourth-order valence-electron chi connectivity index (χ4n) is 1.80. The molecule has 0 bridgehead atoms. The molecule has 1 heterocycles. The minimum atomic E-state index is -4.79. The van der Waals surface area contributed by atoms with Crippen molar-refractivity contribution >= 4 is 17.6 Å². The van der Waals surface area contributed by atoms with Crippen molar-refractivity contribution in [3.05, 3.63) is 34.5 Å². The lowest BCUT2D eigenvalue weighted by Gasteiger charge is -2.12. The standard InChI is InChI=1S/C12H8ClF3N2O3/c1-18-9(4-8(17-18)11(20)21)5-2-6(12(14,15)16)10(19)7(13)3-5/h2-4,19H,1H3,(H,20,21). The average Bonchev–Trinajstić information content (AvgIpc) is 2.73. The van der Waals surface area contributed by atoms with E-state index in [0.29, 0.717) is 6.07 Å². The Labute approximate surface area is 121 Å². The van der Waals surface area contributed by atoms with Gasteiger partial charge >= 0.3 is 12.1 Å². The second-order valence-electron chi connectivity index (χ2n) is 4.20. The Morgan fingerprint density at radius 2 is 1.95 bits per heavy atom. The van der Waals surface area contributed by atoms with E-state index in [9.17, 15) is 23.1 Å². The SMILES string of the molecule is Cn1nc(C(=O)O)cc1-c1cc(Cl)c(O)c(C(F)(F)F)c1. The number of aromatic carboxylic acids is 1. The van der Waals surface area contributed by atoms with E-state index in [1.807, 2.05) is 0 Å². The van der Waals surface area contributed by atoms with E-state index in [1.165, 1.54) is 7.05 Å². The summed E-state index contributed by atoms with van der Waals surface area (Å²) in [7, 11) is 1.38. The maximum absolute atomic E-state index is 12.8. The molecule has 2 rings (SSSR count). The molecule has 0 aliphatic heterocycles. The van der Waals surface area contributed by atoms with E-state index in [1.54, 1.807) is 0 Å². The first-order valence-corrected chi connectivity index (χ1v) is 5.86. The van der Waals surface area contributed by atoms with Crippen molar-refractivity contribution in [2.24, 2.45) is 7.05 Å². The molecule has 9 heteroatoms. The third-order valence-corrected chi connectivity index (χ3v) is 3.05. The molecule has 21 heavy (non-hydrogen) atoms. The van der Waals surface area contributed by atoms with E-state index in [-0.39, 0.29) is 17.0 Å². The summed E-state index contributed by atoms with van der Waals surface area (Å²) in [6, 6.07) is 2.91. The van der Waals surface area contributed by atoms with Gasteiger partial charge in [0.15, 0.2) is 5.69 Å². The number of carboxylic acids is 1. The van der Waals surface area contributed by atoms with E-state index >= 15 is 0 Å². The highest BCUT2D eigenvalue weighted by Crippen LogP contribution is 2.42. The first-order valence-electron chi connectivity index (χ1n) is 5.48. The van der Waals surface area contributed by atoms with E-state index in [2.05, 4.69) is 5.10 Å². The fourth-order valence-corrected chi connectivity index (χ4v) is 2.02. The molecule has 0 aliphatic rings. The van der Waals surface area contributed by atoms with Crippen LogP contribution >= 0.6 is 11.6 Å². The molecule has 1 aromatic carbocycles. The summed E-state index contributed by atoms with van der Waals surface area (Å²) in [5.41, 5.74) is -1.50. The average molecular weight is 321 g/mol. The molecule has 2 N–H and O–H groups in total. The number of hydrogen-bond donors (Lipinski definition) is 2. The molecular weight excluding hydrogens is 313 g/mol. The Morgan fingerprint density at radius 3 is 2.43 bits per heavy atom. The van der Waals surface area contributed by atoms with Crippen molar-refractivity contribution in [2.45, 2.75) is 6.18 Å². The second-order valence-corrected chi connectivity index (χ2v) is 4.60. The van der Waals surface area contributed by atoms with Crippen LogP contribution in [-0.4, -0.2) is 26.0 Å². The zero-order valence-electron chi connectivity index (χ0n) is 10.4. The number of alkyl halides is 3. The third kappa shape index (κ3) is 2.80. The fraction of sp³-hybridized carbons (Fsp3) is 0.167. The molecule has 0 saturated heterocycles. The molecule has 0 spiro atoms. The Hall–Kier alpha value is -2.22. The van der Waals surface area contributed by atoms with Gasteiger partial charge in [0.2, 0.25) is 0 Å². The van der Waals surface area contributed by atoms with Crippen molar-refractivity contribution < 1.29 is 28.2 Å². The van der Waals surface area contributed by atoms with E-state index < -0.39 is 28.5 Å². The van der Waals surface area contributed by atoms with Crippen LogP contribution in [0.5, 0.6) is 5.75 Å². The van der Waals surface area contributed by atoms with Crippen LogP contribution in [0.4, 0.5) is 13.2 Å². The highest BCUT2D eigenvalue weighted by Gasteiger charge is 2.35. The molecule has 112 valence electrons. The zero-order valence-corrected chi connectivity index (χ0v) is 11.2. The summed E-state index contributed by atoms with van der Waals surface area (Å²) < 4.78 is 39.6. The lowest BCUT2D eigenvalue weighted by molar-refractivity contribution is -0.138. The van der Waals surface area contributed by atoms with E-state index in [4.69, 9.17) is 16.7 Å². The van der Waals surface area contributed by atoms with Crippen LogP contribution in [0, 0.1) is 0 Å². The van der Waals surface area contributed by atoms with Crippen LogP contribution in [0.1, 0.15) is 16.1 Å². The summed E-state index contributed by atoms with van der Waals surface area (Å²) in [5, 5.41) is 21.4. The van der Waals surface area contributed by atoms with Gasteiger partial charge in [-0.2, -0.15) is 18.3 Å². The molecule has 0 atom stereocenters. The van der Waals surface area contributed by atoms with Gasteiger partial charge in [0.25, 0.3) is 0 Å². The normalized spacial score (nSPS) is 11.7. The van der Waals surface area contributed by atoms with Gasteiger partial charge in [-0.25, -0.2) is 4.79 Å². The van der Waals surface area contributed by atoms with Crippen LogP contribution in [0.3, 0.4) is 0 Å². The van der Waals surface area contributed by atoms with Gasteiger partial charge in [0, 0.05) is 12.6 Å². The van der Waals surface area contributed by atoms with Gasteiger partial charge in [0.05, 0.1) is 16.3 Å². The number of aromatic nitrogens is 2. The molecule has 0 saturated carbocycles. The molecule has 2 aromatic rings. The highest BCUT2D eigenvalue weighted by atomic mass is 35.5. The predicted molar refractivity (Wildman–Crippen MR) is 67.3 cm³/mol. The second kappa shape index (κ2) is 4.96. The largest absolute Gasteiger partial charge is 0.506 e. The van der Waals surface area contributed by atoms with Gasteiger partial charge in [0.1, 0.15) is 5.75 Å². The summed E-state index contributed by atoms with van der Waals surface area (Å²) in [6.45, 7) is 0. The quantitative estimate of drug-likeness (QED) is 0.891. The number of rotatable bonds is 2. The van der Waals surface area contributed by atoms with Crippen LogP contribution < -0.4 is 0 Å². The summed E-state index contributed by atoms with van der Waals surface area (Å²) in [4.78, 5) is 10.8. The highest BCUT2D eigenvalue weighted by molar-refractivity contribution is 6.32. The maximum atomic E-state index is 12.8. The number of aryl methyl sites for hydroxylation is 1. The van der Waals surface area contributed by atoms with Gasteiger partial charge in [-0.15, -0.1) is 0 Å². The molecule has 1 aromatic heterocycles. The van der Waals surface area contributed by atoms with Gasteiger partial charge in [-0.05, 0) is 18.2 Å². The van der Waals surface area contributed by atoms with Gasteiger partial charge in [-0.1, -0.05) is 11.6 Å². The summed E-state index contributed by atoms with van der Waals surface area (Å²) >= 11 is 5.60. The van der Waals surface area contributed by atoms with Gasteiger partial charge < -0.3 is 10.2 Å². The minimum absolute atomic E-state index is 0.00683. The van der Waals surface area contributed by atoms with Crippen molar-refractivity contribution in [1.82, 2.24) is 9.78 Å². The Balaban J connectivity index is 2.65. The topological polar surface area (TPSA) is 75.4 Å². The minimum Gasteiger partial charge on any atom is -0.506 e. The molecule has 0 radical (unpaired) electrons. The van der Waals surface area contributed by atoms with E-state index in [0.717, 1.165) is 16.8 Å². The monoisotopic (exact) mass is 320 g/mol. The Kier molecular flexibility index (Phi) is 3.58. The number of carboxylic acid groups (broad SMARTS) is 1. The van der Waals surface area contributed by atoms with Crippen molar-refractivity contribution in [3.8, 4) is 17.0 Å². The smallest absolute Gasteiger partial charge is 0.420 e. The lowest BCUT2D eigenvalue weighted by Crippen LogP contribution is -2.06. The molecule has 0 aliphatic carbocycles. The molecule has 0 fully saturated rings. The molecule has 0 unspecified atom stereocenters. The first-order chi connectivity index (χ1) is 9.61. The lowest BCUT2D eigenvalue weighted by atomic mass is 10.1. The van der Waals surface area contributed by atoms with Crippen LogP contribution in [-0.2, 0) is 13.2 Å². The predicted octanol–water partition coefficient (Wildman–Crippen LogP) is 3.16. The summed E-state index contributed by atoms with van der Waals surface area (Å²) in [6.07, 6.45) is -4.79. The third-order valence-electron chi connectivity index (χ3n) is 2.76. The number of phenols is 1. The molecule has 5 nitrogen and oxygen atoms in total. The number of nitrogens with zero attached hydrogens (tertiary/aromatic N) is 2. The van der Waals surface area contributed by atoms with Crippen LogP contribution in [0.25, 0.3) is 11.3 Å².